The molecule has 0 radical (unpaired) electrons. The molecule has 3 aromatic heterocycles. The molecular weight excluding hydrogens is 353 g/mol. The molecule has 9 nitrogen and oxygen atoms in total. The third-order valence-electron chi connectivity index (χ3n) is 4.34. The Balaban J connectivity index is 1.50. The minimum absolute atomic E-state index is 0.0943. The van der Waals surface area contributed by atoms with Gasteiger partial charge in [0.05, 0.1) is 18.9 Å². The Hall–Kier alpha value is -3.17. The van der Waals surface area contributed by atoms with Crippen molar-refractivity contribution in [2.24, 2.45) is 0 Å². The first-order chi connectivity index (χ1) is 13.0. The number of ether oxygens (including phenoxy) is 1. The van der Waals surface area contributed by atoms with E-state index in [2.05, 4.69) is 25.0 Å². The van der Waals surface area contributed by atoms with E-state index in [1.54, 1.807) is 9.42 Å². The molecule has 3 aromatic rings. The van der Waals surface area contributed by atoms with Crippen molar-refractivity contribution in [2.75, 3.05) is 13.1 Å². The van der Waals surface area contributed by atoms with Gasteiger partial charge in [-0.2, -0.15) is 4.98 Å². The predicted molar refractivity (Wildman–Crippen MR) is 91.8 cm³/mol. The maximum absolute atomic E-state index is 12.9. The van der Waals surface area contributed by atoms with E-state index in [1.165, 1.54) is 0 Å². The van der Waals surface area contributed by atoms with Gasteiger partial charge in [-0.15, -0.1) is 5.10 Å². The number of nitrogens with zero attached hydrogens (tertiary/aromatic N) is 7. The fourth-order valence-electron chi connectivity index (χ4n) is 3.13. The van der Waals surface area contributed by atoms with Crippen LogP contribution in [0.5, 0.6) is 6.01 Å². The first kappa shape index (κ1) is 17.3. The first-order valence-electron chi connectivity index (χ1n) is 8.64. The number of aromatic nitrogens is 6. The molecule has 10 heteroatoms. The highest BCUT2D eigenvalue weighted by Gasteiger charge is 2.28. The summed E-state index contributed by atoms with van der Waals surface area (Å²) in [7, 11) is 0. The number of aryl methyl sites for hydroxylation is 2. The summed E-state index contributed by atoms with van der Waals surface area (Å²) in [6, 6.07) is 1.97. The van der Waals surface area contributed by atoms with Crippen LogP contribution in [0, 0.1) is 19.7 Å². The van der Waals surface area contributed by atoms with Crippen LogP contribution in [0.4, 0.5) is 4.39 Å². The average Bonchev–Trinajstić information content (AvgIpc) is 3.07. The monoisotopic (exact) mass is 371 g/mol. The summed E-state index contributed by atoms with van der Waals surface area (Å²) in [5.74, 6) is -0.291. The van der Waals surface area contributed by atoms with Gasteiger partial charge in [0.15, 0.2) is 5.82 Å². The Labute approximate surface area is 154 Å². The van der Waals surface area contributed by atoms with Gasteiger partial charge in [-0.1, -0.05) is 0 Å². The molecule has 0 saturated carbocycles. The van der Waals surface area contributed by atoms with Crippen molar-refractivity contribution in [3.63, 3.8) is 0 Å². The van der Waals surface area contributed by atoms with Crippen LogP contribution in [0.25, 0.3) is 5.78 Å². The summed E-state index contributed by atoms with van der Waals surface area (Å²) >= 11 is 0. The lowest BCUT2D eigenvalue weighted by molar-refractivity contribution is 0.0505. The van der Waals surface area contributed by atoms with Gasteiger partial charge in [-0.05, 0) is 32.8 Å². The summed E-state index contributed by atoms with van der Waals surface area (Å²) < 4.78 is 20.1. The molecular formula is C17H18FN7O2. The molecule has 27 heavy (non-hydrogen) atoms. The van der Waals surface area contributed by atoms with Crippen LogP contribution in [0.2, 0.25) is 0 Å². The van der Waals surface area contributed by atoms with Crippen molar-refractivity contribution in [1.29, 1.82) is 0 Å². The molecule has 1 saturated heterocycles. The quantitative estimate of drug-likeness (QED) is 0.685. The smallest absolute Gasteiger partial charge is 0.316 e. The molecule has 0 aromatic carbocycles. The maximum Gasteiger partial charge on any atom is 0.316 e. The number of carbonyl (C=O) groups is 1. The summed E-state index contributed by atoms with van der Waals surface area (Å²) in [6.07, 6.45) is 3.34. The number of likely N-dealkylation sites (tertiary alicyclic amines) is 1. The topological polar surface area (TPSA) is 98.4 Å². The van der Waals surface area contributed by atoms with E-state index in [0.717, 1.165) is 36.6 Å². The first-order valence-corrected chi connectivity index (χ1v) is 8.64. The third-order valence-corrected chi connectivity index (χ3v) is 4.34. The van der Waals surface area contributed by atoms with E-state index in [1.807, 2.05) is 19.9 Å². The van der Waals surface area contributed by atoms with Crippen molar-refractivity contribution in [3.8, 4) is 6.01 Å². The number of halogens is 1. The van der Waals surface area contributed by atoms with Gasteiger partial charge < -0.3 is 9.64 Å². The highest BCUT2D eigenvalue weighted by Crippen LogP contribution is 2.17. The van der Waals surface area contributed by atoms with Gasteiger partial charge in [0, 0.05) is 17.9 Å². The lowest BCUT2D eigenvalue weighted by Crippen LogP contribution is -2.44. The molecule has 140 valence electrons. The number of piperidine rings is 1. The minimum Gasteiger partial charge on any atom is -0.458 e. The third kappa shape index (κ3) is 3.55. The summed E-state index contributed by atoms with van der Waals surface area (Å²) in [4.78, 5) is 30.7. The van der Waals surface area contributed by atoms with E-state index in [0.29, 0.717) is 18.9 Å². The Bertz CT molecular complexity index is 989. The van der Waals surface area contributed by atoms with E-state index in [-0.39, 0.29) is 23.8 Å². The SMILES string of the molecule is Cc1cc(C)n2nc(C(=O)N3CCCC(Oc4ncc(F)cn4)C3)nc2n1. The highest BCUT2D eigenvalue weighted by atomic mass is 19.1. The number of hydrogen-bond donors (Lipinski definition) is 0. The second kappa shape index (κ2) is 6.86. The van der Waals surface area contributed by atoms with Gasteiger partial charge in [0.25, 0.3) is 11.7 Å². The van der Waals surface area contributed by atoms with Crippen molar-refractivity contribution in [1.82, 2.24) is 34.4 Å². The number of rotatable bonds is 3. The van der Waals surface area contributed by atoms with Crippen LogP contribution in [0.3, 0.4) is 0 Å². The van der Waals surface area contributed by atoms with Gasteiger partial charge in [-0.25, -0.2) is 23.9 Å². The van der Waals surface area contributed by atoms with Crippen LogP contribution < -0.4 is 4.74 Å². The Morgan fingerprint density at radius 2 is 2.04 bits per heavy atom. The molecule has 0 bridgehead atoms. The highest BCUT2D eigenvalue weighted by molar-refractivity contribution is 5.91. The van der Waals surface area contributed by atoms with E-state index < -0.39 is 5.82 Å². The van der Waals surface area contributed by atoms with Crippen molar-refractivity contribution >= 4 is 11.7 Å². The molecule has 0 spiro atoms. The summed E-state index contributed by atoms with van der Waals surface area (Å²) in [5, 5.41) is 4.29. The van der Waals surface area contributed by atoms with Crippen LogP contribution in [-0.4, -0.2) is 59.6 Å². The number of hydrogen-bond acceptors (Lipinski definition) is 7. The largest absolute Gasteiger partial charge is 0.458 e. The van der Waals surface area contributed by atoms with E-state index >= 15 is 0 Å². The predicted octanol–water partition coefficient (Wildman–Crippen LogP) is 1.35. The van der Waals surface area contributed by atoms with Gasteiger partial charge in [0.1, 0.15) is 6.10 Å². The standard InChI is InChI=1S/C17H18FN7O2/c1-10-6-11(2)25-16(21-10)22-14(23-25)15(26)24-5-3-4-13(9-24)27-17-19-7-12(18)8-20-17/h6-8,13H,3-5,9H2,1-2H3. The number of carbonyl (C=O) groups excluding carboxylic acids is 1. The van der Waals surface area contributed by atoms with Crippen LogP contribution in [0.1, 0.15) is 34.8 Å². The lowest BCUT2D eigenvalue weighted by atomic mass is 10.1. The average molecular weight is 371 g/mol. The maximum atomic E-state index is 12.9. The van der Waals surface area contributed by atoms with Gasteiger partial charge in [-0.3, -0.25) is 4.79 Å². The Morgan fingerprint density at radius 3 is 2.81 bits per heavy atom. The van der Waals surface area contributed by atoms with E-state index in [4.69, 9.17) is 4.74 Å². The van der Waals surface area contributed by atoms with Gasteiger partial charge >= 0.3 is 6.01 Å². The second-order valence-corrected chi connectivity index (χ2v) is 6.50. The van der Waals surface area contributed by atoms with Crippen molar-refractivity contribution < 1.29 is 13.9 Å². The normalized spacial score (nSPS) is 17.3. The minimum atomic E-state index is -0.528. The van der Waals surface area contributed by atoms with Crippen LogP contribution in [0.15, 0.2) is 18.5 Å². The van der Waals surface area contributed by atoms with Crippen LogP contribution in [-0.2, 0) is 0 Å². The molecule has 1 fully saturated rings. The Kier molecular flexibility index (Phi) is 4.38. The van der Waals surface area contributed by atoms with Gasteiger partial charge in [0.2, 0.25) is 5.82 Å². The fraction of sp³-hybridized carbons (Fsp3) is 0.412. The molecule has 1 atom stereocenters. The van der Waals surface area contributed by atoms with Crippen molar-refractivity contribution in [2.45, 2.75) is 32.8 Å². The molecule has 1 unspecified atom stereocenters. The zero-order valence-corrected chi connectivity index (χ0v) is 15.0. The van der Waals surface area contributed by atoms with Crippen LogP contribution >= 0.6 is 0 Å². The lowest BCUT2D eigenvalue weighted by Gasteiger charge is -2.31. The second-order valence-electron chi connectivity index (χ2n) is 6.50. The molecule has 0 aliphatic carbocycles. The molecule has 1 aliphatic rings. The number of amides is 1. The molecule has 1 aliphatic heterocycles. The molecule has 4 rings (SSSR count). The Morgan fingerprint density at radius 1 is 1.26 bits per heavy atom. The van der Waals surface area contributed by atoms with Crippen molar-refractivity contribution in [3.05, 3.63) is 41.5 Å². The zero-order valence-electron chi connectivity index (χ0n) is 15.0. The summed E-state index contributed by atoms with van der Waals surface area (Å²) in [5.41, 5.74) is 1.68. The zero-order chi connectivity index (χ0) is 19.0. The number of fused-ring (bicyclic) bond motifs is 1. The summed E-state index contributed by atoms with van der Waals surface area (Å²) in [6.45, 7) is 4.70. The van der Waals surface area contributed by atoms with E-state index in [9.17, 15) is 9.18 Å². The molecule has 0 N–H and O–H groups in total. The fourth-order valence-corrected chi connectivity index (χ4v) is 3.13. The molecule has 1 amide bonds. The molecule has 4 heterocycles.